The molecule has 0 atom stereocenters. The van der Waals surface area contributed by atoms with Gasteiger partial charge in [-0.3, -0.25) is 25.0 Å². The lowest BCUT2D eigenvalue weighted by atomic mass is 10.1. The number of nitro benzene ring substituents is 2. The summed E-state index contributed by atoms with van der Waals surface area (Å²) >= 11 is 0. The predicted octanol–water partition coefficient (Wildman–Crippen LogP) is 2.11. The van der Waals surface area contributed by atoms with Gasteiger partial charge in [0.1, 0.15) is 5.82 Å². The van der Waals surface area contributed by atoms with Gasteiger partial charge in [0.15, 0.2) is 5.65 Å². The maximum absolute atomic E-state index is 12.3. The highest BCUT2D eigenvalue weighted by molar-refractivity contribution is 6.05. The molecule has 0 saturated heterocycles. The molecule has 1 amide bonds. The van der Waals surface area contributed by atoms with E-state index in [0.717, 1.165) is 18.2 Å². The van der Waals surface area contributed by atoms with E-state index < -0.39 is 27.1 Å². The Balaban J connectivity index is 1.93. The minimum Gasteiger partial charge on any atom is -0.321 e. The highest BCUT2D eigenvalue weighted by Crippen LogP contribution is 2.23. The molecule has 0 aliphatic rings. The van der Waals surface area contributed by atoms with E-state index in [0.29, 0.717) is 17.2 Å². The third kappa shape index (κ3) is 3.24. The van der Waals surface area contributed by atoms with Crippen molar-refractivity contribution >= 4 is 28.6 Å². The lowest BCUT2D eigenvalue weighted by molar-refractivity contribution is -0.394. The average molecular weight is 342 g/mol. The Morgan fingerprint density at radius 1 is 1.12 bits per heavy atom. The van der Waals surface area contributed by atoms with E-state index in [-0.39, 0.29) is 5.56 Å². The summed E-state index contributed by atoms with van der Waals surface area (Å²) in [5.74, 6) is -0.166. The fourth-order valence-electron chi connectivity index (χ4n) is 2.21. The van der Waals surface area contributed by atoms with Crippen LogP contribution < -0.4 is 5.32 Å². The minimum absolute atomic E-state index is 0.198. The molecule has 0 unspecified atom stereocenters. The van der Waals surface area contributed by atoms with Gasteiger partial charge in [-0.05, 0) is 19.1 Å². The number of hydrogen-bond acceptors (Lipinski definition) is 7. The predicted molar refractivity (Wildman–Crippen MR) is 85.4 cm³/mol. The Hall–Kier alpha value is -3.89. The molecule has 11 heteroatoms. The van der Waals surface area contributed by atoms with Crippen molar-refractivity contribution in [1.82, 2.24) is 14.6 Å². The summed E-state index contributed by atoms with van der Waals surface area (Å²) in [6, 6.07) is 5.95. The number of pyridine rings is 1. The number of aromatic nitrogens is 3. The Morgan fingerprint density at radius 3 is 2.36 bits per heavy atom. The van der Waals surface area contributed by atoms with Crippen LogP contribution in [0, 0.1) is 27.2 Å². The number of hydrogen-bond donors (Lipinski definition) is 1. The number of fused-ring (bicyclic) bond motifs is 1. The Bertz CT molecular complexity index is 995. The number of anilines is 1. The van der Waals surface area contributed by atoms with Crippen molar-refractivity contribution in [3.05, 3.63) is 68.1 Å². The maximum Gasteiger partial charge on any atom is 0.277 e. The van der Waals surface area contributed by atoms with Gasteiger partial charge in [-0.1, -0.05) is 0 Å². The molecule has 3 rings (SSSR count). The Kier molecular flexibility index (Phi) is 3.81. The number of nitrogens with zero attached hydrogens (tertiary/aromatic N) is 5. The van der Waals surface area contributed by atoms with Gasteiger partial charge in [0.25, 0.3) is 17.3 Å². The van der Waals surface area contributed by atoms with Crippen LogP contribution in [0.5, 0.6) is 0 Å². The van der Waals surface area contributed by atoms with E-state index >= 15 is 0 Å². The summed E-state index contributed by atoms with van der Waals surface area (Å²) in [5.41, 5.74) is -0.336. The van der Waals surface area contributed by atoms with E-state index in [1.165, 1.54) is 10.7 Å². The van der Waals surface area contributed by atoms with E-state index in [2.05, 4.69) is 15.4 Å². The van der Waals surface area contributed by atoms with Crippen molar-refractivity contribution in [3.63, 3.8) is 0 Å². The number of rotatable bonds is 4. The third-order valence-corrected chi connectivity index (χ3v) is 3.28. The van der Waals surface area contributed by atoms with Gasteiger partial charge >= 0.3 is 0 Å². The van der Waals surface area contributed by atoms with Crippen molar-refractivity contribution in [2.45, 2.75) is 6.92 Å². The van der Waals surface area contributed by atoms with Gasteiger partial charge in [0.2, 0.25) is 0 Å². The number of aryl methyl sites for hydroxylation is 1. The summed E-state index contributed by atoms with van der Waals surface area (Å²) in [6.07, 6.45) is 1.51. The first-order valence-corrected chi connectivity index (χ1v) is 6.92. The van der Waals surface area contributed by atoms with Crippen LogP contribution in [-0.2, 0) is 0 Å². The Morgan fingerprint density at radius 2 is 1.76 bits per heavy atom. The monoisotopic (exact) mass is 342 g/mol. The smallest absolute Gasteiger partial charge is 0.277 e. The van der Waals surface area contributed by atoms with E-state index in [4.69, 9.17) is 0 Å². The average Bonchev–Trinajstić information content (AvgIpc) is 2.93. The van der Waals surface area contributed by atoms with Gasteiger partial charge in [-0.15, -0.1) is 0 Å². The molecule has 0 radical (unpaired) electrons. The fraction of sp³-hybridized carbons (Fsp3) is 0.0714. The molecule has 126 valence electrons. The molecule has 0 spiro atoms. The summed E-state index contributed by atoms with van der Waals surface area (Å²) in [4.78, 5) is 36.6. The lowest BCUT2D eigenvalue weighted by Crippen LogP contribution is -2.13. The molecule has 1 N–H and O–H groups in total. The molecule has 0 saturated carbocycles. The summed E-state index contributed by atoms with van der Waals surface area (Å²) in [7, 11) is 0. The van der Waals surface area contributed by atoms with Crippen molar-refractivity contribution in [1.29, 1.82) is 0 Å². The second-order valence-electron chi connectivity index (χ2n) is 5.09. The normalized spacial score (nSPS) is 10.6. The molecule has 2 aromatic heterocycles. The summed E-state index contributed by atoms with van der Waals surface area (Å²) in [5, 5.41) is 28.4. The van der Waals surface area contributed by atoms with Gasteiger partial charge < -0.3 is 5.32 Å². The van der Waals surface area contributed by atoms with Crippen molar-refractivity contribution in [3.8, 4) is 0 Å². The van der Waals surface area contributed by atoms with Crippen LogP contribution in [-0.4, -0.2) is 30.4 Å². The molecule has 2 heterocycles. The zero-order valence-electron chi connectivity index (χ0n) is 12.7. The number of carbonyl (C=O) groups is 1. The van der Waals surface area contributed by atoms with Crippen LogP contribution in [0.25, 0.3) is 5.65 Å². The molecule has 25 heavy (non-hydrogen) atoms. The molecule has 0 bridgehead atoms. The van der Waals surface area contributed by atoms with Gasteiger partial charge in [0, 0.05) is 12.1 Å². The van der Waals surface area contributed by atoms with Gasteiger partial charge in [0.05, 0.1) is 33.4 Å². The van der Waals surface area contributed by atoms with Crippen LogP contribution in [0.4, 0.5) is 17.1 Å². The quantitative estimate of drug-likeness (QED) is 0.564. The topological polar surface area (TPSA) is 146 Å². The SMILES string of the molecule is Cc1nc2ccc(NC(=O)c3cc([N+](=O)[O-])cc([N+](=O)[O-])c3)cn2n1. The molecule has 0 aliphatic heterocycles. The second kappa shape index (κ2) is 5.96. The van der Waals surface area contributed by atoms with Crippen LogP contribution in [0.2, 0.25) is 0 Å². The minimum atomic E-state index is -0.798. The Labute approximate surface area is 139 Å². The van der Waals surface area contributed by atoms with Gasteiger partial charge in [-0.25, -0.2) is 9.50 Å². The highest BCUT2D eigenvalue weighted by atomic mass is 16.6. The lowest BCUT2D eigenvalue weighted by Gasteiger charge is -2.05. The maximum atomic E-state index is 12.3. The number of non-ortho nitro benzene ring substituents is 2. The van der Waals surface area contributed by atoms with Crippen LogP contribution in [0.3, 0.4) is 0 Å². The standard InChI is InChI=1S/C14H10N6O5/c1-8-15-13-3-2-10(7-18(13)17-8)16-14(21)9-4-11(19(22)23)6-12(5-9)20(24)25/h2-7H,1H3,(H,16,21). The zero-order valence-corrected chi connectivity index (χ0v) is 12.7. The van der Waals surface area contributed by atoms with Crippen molar-refractivity contribution in [2.75, 3.05) is 5.32 Å². The number of amides is 1. The number of carbonyl (C=O) groups excluding carboxylic acids is 1. The highest BCUT2D eigenvalue weighted by Gasteiger charge is 2.20. The first-order chi connectivity index (χ1) is 11.8. The summed E-state index contributed by atoms with van der Waals surface area (Å²) < 4.78 is 1.46. The molecular formula is C14H10N6O5. The summed E-state index contributed by atoms with van der Waals surface area (Å²) in [6.45, 7) is 1.72. The molecule has 1 aromatic carbocycles. The number of nitrogens with one attached hydrogen (secondary N) is 1. The third-order valence-electron chi connectivity index (χ3n) is 3.28. The number of benzene rings is 1. The first kappa shape index (κ1) is 16.0. The molecule has 0 aliphatic carbocycles. The zero-order chi connectivity index (χ0) is 18.1. The molecular weight excluding hydrogens is 332 g/mol. The van der Waals surface area contributed by atoms with Crippen LogP contribution in [0.15, 0.2) is 36.5 Å². The fourth-order valence-corrected chi connectivity index (χ4v) is 2.21. The first-order valence-electron chi connectivity index (χ1n) is 6.92. The molecule has 3 aromatic rings. The van der Waals surface area contributed by atoms with Crippen LogP contribution in [0.1, 0.15) is 16.2 Å². The second-order valence-corrected chi connectivity index (χ2v) is 5.09. The van der Waals surface area contributed by atoms with E-state index in [9.17, 15) is 25.0 Å². The van der Waals surface area contributed by atoms with Crippen LogP contribution >= 0.6 is 0 Å². The molecule has 11 nitrogen and oxygen atoms in total. The largest absolute Gasteiger partial charge is 0.321 e. The van der Waals surface area contributed by atoms with Crippen molar-refractivity contribution in [2.24, 2.45) is 0 Å². The number of nitro groups is 2. The van der Waals surface area contributed by atoms with Gasteiger partial charge in [-0.2, -0.15) is 5.10 Å². The van der Waals surface area contributed by atoms with Crippen molar-refractivity contribution < 1.29 is 14.6 Å². The molecule has 0 fully saturated rings. The van der Waals surface area contributed by atoms with E-state index in [1.807, 2.05) is 0 Å². The van der Waals surface area contributed by atoms with E-state index in [1.54, 1.807) is 19.1 Å².